The topological polar surface area (TPSA) is 51.6 Å². The molecule has 0 radical (unpaired) electrons. The van der Waals surface area contributed by atoms with Crippen LogP contribution in [0.15, 0.2) is 231 Å². The first kappa shape index (κ1) is 40.1. The minimum atomic E-state index is -0.741. The molecule has 0 amide bonds. The second-order valence-electron chi connectivity index (χ2n) is 16.3. The average molecular weight is 1010 g/mol. The number of rotatable bonds is 8. The summed E-state index contributed by atoms with van der Waals surface area (Å²) in [6.07, 6.45) is 11.2. The van der Waals surface area contributed by atoms with Gasteiger partial charge < -0.3 is 0 Å². The fourth-order valence-electron chi connectivity index (χ4n) is 10.6. The van der Waals surface area contributed by atoms with E-state index >= 15 is 0 Å². The van der Waals surface area contributed by atoms with Crippen molar-refractivity contribution in [2.45, 2.75) is 10.8 Å². The number of hydrogen-bond acceptors (Lipinski definition) is 4. The van der Waals surface area contributed by atoms with Crippen LogP contribution in [0.25, 0.3) is 33.4 Å². The molecule has 0 bridgehead atoms. The molecule has 0 N–H and O–H groups in total. The van der Waals surface area contributed by atoms with Crippen LogP contribution in [0, 0.1) is 12.1 Å². The molecule has 12 rings (SSSR count). The fourth-order valence-corrected chi connectivity index (χ4v) is 10.6. The molecule has 2 aliphatic carbocycles. The van der Waals surface area contributed by atoms with Gasteiger partial charge in [-0.2, -0.15) is 0 Å². The van der Waals surface area contributed by atoms with E-state index in [0.29, 0.717) is 0 Å². The SMILES string of the molecule is [Pt+2].[c-]1c(C(=C(c2ccncc2)c2ccncc2)c2[c-]c(C3(c4ccccn4)c4ccccc4-c4ccccc43)ccc2)cccc1C1(c2ccccn2)c2ccccc2-c2ccccc21. The third-order valence-electron chi connectivity index (χ3n) is 13.1. The van der Waals surface area contributed by atoms with Gasteiger partial charge in [-0.05, 0) is 110 Å². The fraction of sp³-hybridized carbons (Fsp3) is 0.0333. The summed E-state index contributed by atoms with van der Waals surface area (Å²) in [5.41, 5.74) is 17.8. The van der Waals surface area contributed by atoms with E-state index in [4.69, 9.17) is 9.97 Å². The van der Waals surface area contributed by atoms with E-state index in [1.54, 1.807) is 0 Å². The van der Waals surface area contributed by atoms with Crippen molar-refractivity contribution in [2.75, 3.05) is 0 Å². The summed E-state index contributed by atoms with van der Waals surface area (Å²) in [5, 5.41) is 0. The summed E-state index contributed by atoms with van der Waals surface area (Å²) in [7, 11) is 0. The van der Waals surface area contributed by atoms with Crippen molar-refractivity contribution in [1.82, 2.24) is 19.9 Å². The Morgan fingerprint density at radius 2 is 0.677 bits per heavy atom. The molecule has 4 nitrogen and oxygen atoms in total. The van der Waals surface area contributed by atoms with Crippen LogP contribution in [-0.2, 0) is 31.9 Å². The monoisotopic (exact) mass is 1010 g/mol. The second-order valence-corrected chi connectivity index (χ2v) is 16.3. The molecule has 0 spiro atoms. The van der Waals surface area contributed by atoms with Crippen molar-refractivity contribution in [3.05, 3.63) is 310 Å². The Bertz CT molecular complexity index is 3070. The Kier molecular flexibility index (Phi) is 10.2. The van der Waals surface area contributed by atoms with Gasteiger partial charge in [0.15, 0.2) is 0 Å². The minimum absolute atomic E-state index is 0. The molecular formula is C60H38N4Pt. The maximum Gasteiger partial charge on any atom is 2.00 e. The Morgan fingerprint density at radius 1 is 0.323 bits per heavy atom. The minimum Gasteiger partial charge on any atom is -0.265 e. The Morgan fingerprint density at radius 3 is 1.03 bits per heavy atom. The van der Waals surface area contributed by atoms with Gasteiger partial charge in [-0.1, -0.05) is 109 Å². The smallest absolute Gasteiger partial charge is 0.265 e. The third-order valence-corrected chi connectivity index (χ3v) is 13.1. The van der Waals surface area contributed by atoms with E-state index in [1.165, 1.54) is 44.5 Å². The molecule has 4 aromatic heterocycles. The molecule has 0 unspecified atom stereocenters. The van der Waals surface area contributed by atoms with Crippen LogP contribution in [0.1, 0.15) is 67.0 Å². The van der Waals surface area contributed by atoms with E-state index in [0.717, 1.165) is 55.9 Å². The summed E-state index contributed by atoms with van der Waals surface area (Å²) in [6.45, 7) is 0. The van der Waals surface area contributed by atoms with Gasteiger partial charge in [-0.25, -0.2) is 0 Å². The first-order chi connectivity index (χ1) is 31.8. The van der Waals surface area contributed by atoms with Crippen molar-refractivity contribution in [3.63, 3.8) is 0 Å². The zero-order chi connectivity index (χ0) is 42.5. The van der Waals surface area contributed by atoms with Crippen molar-refractivity contribution in [2.24, 2.45) is 0 Å². The summed E-state index contributed by atoms with van der Waals surface area (Å²) in [6, 6.07) is 77.2. The number of fused-ring (bicyclic) bond motifs is 6. The molecule has 0 atom stereocenters. The molecule has 10 aromatic rings. The van der Waals surface area contributed by atoms with Crippen LogP contribution in [0.4, 0.5) is 0 Å². The van der Waals surface area contributed by atoms with E-state index in [1.807, 2.05) is 49.3 Å². The van der Waals surface area contributed by atoms with Gasteiger partial charge in [0.2, 0.25) is 0 Å². The molecular weight excluding hydrogens is 972 g/mol. The quantitative estimate of drug-likeness (QED) is 0.142. The number of aromatic nitrogens is 4. The van der Waals surface area contributed by atoms with Crippen molar-refractivity contribution in [1.29, 1.82) is 0 Å². The summed E-state index contributed by atoms with van der Waals surface area (Å²) in [4.78, 5) is 19.2. The Hall–Kier alpha value is -7.65. The van der Waals surface area contributed by atoms with E-state index in [-0.39, 0.29) is 21.1 Å². The zero-order valence-corrected chi connectivity index (χ0v) is 37.3. The molecule has 65 heavy (non-hydrogen) atoms. The molecule has 4 heterocycles. The van der Waals surface area contributed by atoms with Crippen LogP contribution in [0.3, 0.4) is 0 Å². The number of benzene rings is 6. The first-order valence-electron chi connectivity index (χ1n) is 21.6. The van der Waals surface area contributed by atoms with Crippen LogP contribution < -0.4 is 0 Å². The molecule has 0 fully saturated rings. The third kappa shape index (κ3) is 6.16. The van der Waals surface area contributed by atoms with Crippen molar-refractivity contribution >= 4 is 11.1 Å². The first-order valence-corrected chi connectivity index (χ1v) is 21.6. The zero-order valence-electron chi connectivity index (χ0n) is 35.0. The second kappa shape index (κ2) is 16.5. The van der Waals surface area contributed by atoms with Crippen molar-refractivity contribution in [3.8, 4) is 22.3 Å². The van der Waals surface area contributed by atoms with Gasteiger partial charge in [-0.3, -0.25) is 19.9 Å². The Labute approximate surface area is 393 Å². The predicted molar refractivity (Wildman–Crippen MR) is 254 cm³/mol. The normalized spacial score (nSPS) is 13.4. The van der Waals surface area contributed by atoms with Gasteiger partial charge in [0.05, 0.1) is 22.2 Å². The summed E-state index contributed by atoms with van der Waals surface area (Å²) >= 11 is 0. The van der Waals surface area contributed by atoms with Gasteiger partial charge in [-0.15, -0.1) is 76.4 Å². The molecule has 5 heteroatoms. The van der Waals surface area contributed by atoms with Gasteiger partial charge in [0.1, 0.15) is 0 Å². The van der Waals surface area contributed by atoms with E-state index < -0.39 is 10.8 Å². The van der Waals surface area contributed by atoms with Gasteiger partial charge >= 0.3 is 21.1 Å². The molecule has 308 valence electrons. The molecule has 0 saturated heterocycles. The predicted octanol–water partition coefficient (Wildman–Crippen LogP) is 12.6. The summed E-state index contributed by atoms with van der Waals surface area (Å²) in [5.74, 6) is 0. The maximum absolute atomic E-state index is 5.14. The standard InChI is InChI=1S/C60H38N4.Pt/c1-5-23-51-47(19-1)48-20-2-6-24-52(48)59(51,55-27-9-11-33-63-55)45-17-13-15-43(39-45)58(57(41-29-35-61-36-30-41)42-31-37-62-38-32-42)44-16-14-18-46(40-44)60(56-28-10-12-34-64-56)53-25-7-3-21-49(53)50-22-4-8-26-54(50)60;/h1-38H;/q-2;+2. The number of hydrogen-bond donors (Lipinski definition) is 0. The van der Waals surface area contributed by atoms with Crippen LogP contribution in [-0.4, -0.2) is 19.9 Å². The van der Waals surface area contributed by atoms with Crippen LogP contribution in [0.2, 0.25) is 0 Å². The van der Waals surface area contributed by atoms with Crippen molar-refractivity contribution < 1.29 is 21.1 Å². The Balaban J connectivity index is 0.00000469. The van der Waals surface area contributed by atoms with E-state index in [9.17, 15) is 0 Å². The van der Waals surface area contributed by atoms with Gasteiger partial charge in [0.25, 0.3) is 0 Å². The van der Waals surface area contributed by atoms with Crippen LogP contribution >= 0.6 is 0 Å². The number of nitrogens with zero attached hydrogens (tertiary/aromatic N) is 4. The van der Waals surface area contributed by atoms with E-state index in [2.05, 4.69) is 204 Å². The number of pyridine rings is 4. The largest absolute Gasteiger partial charge is 2.00 e. The van der Waals surface area contributed by atoms with Gasteiger partial charge in [0, 0.05) is 37.2 Å². The van der Waals surface area contributed by atoms with Crippen LogP contribution in [0.5, 0.6) is 0 Å². The molecule has 2 aliphatic rings. The summed E-state index contributed by atoms with van der Waals surface area (Å²) < 4.78 is 0. The molecule has 0 saturated carbocycles. The molecule has 0 aliphatic heterocycles. The average Bonchev–Trinajstić information content (AvgIpc) is 3.86. The maximum atomic E-state index is 5.14. The molecule has 6 aromatic carbocycles.